The lowest BCUT2D eigenvalue weighted by Gasteiger charge is -2.03. The van der Waals surface area contributed by atoms with Crippen molar-refractivity contribution in [1.29, 1.82) is 0 Å². The van der Waals surface area contributed by atoms with Crippen molar-refractivity contribution in [3.63, 3.8) is 0 Å². The SMILES string of the molecule is C=CCn1c(-c2ccccc2[N+](=O)[O-])nn(C)c1=O. The Morgan fingerprint density at radius 3 is 2.79 bits per heavy atom. The highest BCUT2D eigenvalue weighted by atomic mass is 16.6. The summed E-state index contributed by atoms with van der Waals surface area (Å²) < 4.78 is 2.49. The Hall–Kier alpha value is -2.70. The van der Waals surface area contributed by atoms with E-state index in [0.717, 1.165) is 4.68 Å². The minimum absolute atomic E-state index is 0.0848. The maximum Gasteiger partial charge on any atom is 0.346 e. The minimum Gasteiger partial charge on any atom is -0.271 e. The smallest absolute Gasteiger partial charge is 0.271 e. The number of rotatable bonds is 4. The molecule has 1 aromatic carbocycles. The molecule has 7 nitrogen and oxygen atoms in total. The van der Waals surface area contributed by atoms with Crippen molar-refractivity contribution in [3.8, 4) is 11.4 Å². The molecule has 1 aromatic heterocycles. The van der Waals surface area contributed by atoms with E-state index in [1.807, 2.05) is 0 Å². The summed E-state index contributed by atoms with van der Waals surface area (Å²) in [6.45, 7) is 3.81. The van der Waals surface area contributed by atoms with Crippen LogP contribution in [0.4, 0.5) is 5.69 Å². The third-order valence-electron chi connectivity index (χ3n) is 2.66. The second-order valence-electron chi connectivity index (χ2n) is 3.90. The molecule has 0 unspecified atom stereocenters. The number of nitro groups is 1. The Morgan fingerprint density at radius 1 is 1.47 bits per heavy atom. The molecule has 0 saturated heterocycles. The van der Waals surface area contributed by atoms with Crippen LogP contribution >= 0.6 is 0 Å². The fourth-order valence-electron chi connectivity index (χ4n) is 1.82. The van der Waals surface area contributed by atoms with Crippen LogP contribution < -0.4 is 5.69 Å². The average Bonchev–Trinajstić information content (AvgIpc) is 2.67. The molecule has 2 rings (SSSR count). The van der Waals surface area contributed by atoms with E-state index in [-0.39, 0.29) is 23.7 Å². The standard InChI is InChI=1S/C12H12N4O3/c1-3-8-15-11(13-14(2)12(15)17)9-6-4-5-7-10(9)16(18)19/h3-7H,1,8H2,2H3. The van der Waals surface area contributed by atoms with E-state index in [1.54, 1.807) is 24.3 Å². The summed E-state index contributed by atoms with van der Waals surface area (Å²) in [6, 6.07) is 6.19. The molecule has 2 aromatic rings. The molecule has 0 saturated carbocycles. The van der Waals surface area contributed by atoms with Gasteiger partial charge in [-0.2, -0.15) is 0 Å². The van der Waals surface area contributed by atoms with E-state index >= 15 is 0 Å². The largest absolute Gasteiger partial charge is 0.346 e. The normalized spacial score (nSPS) is 10.4. The van der Waals surface area contributed by atoms with Gasteiger partial charge in [-0.25, -0.2) is 9.48 Å². The van der Waals surface area contributed by atoms with Crippen molar-refractivity contribution in [1.82, 2.24) is 14.3 Å². The molecule has 0 bridgehead atoms. The maximum atomic E-state index is 11.9. The fourth-order valence-corrected chi connectivity index (χ4v) is 1.82. The molecule has 0 aliphatic heterocycles. The summed E-state index contributed by atoms with van der Waals surface area (Å²) in [6.07, 6.45) is 1.54. The quantitative estimate of drug-likeness (QED) is 0.472. The molecule has 0 radical (unpaired) electrons. The van der Waals surface area contributed by atoms with E-state index in [9.17, 15) is 14.9 Å². The van der Waals surface area contributed by atoms with Gasteiger partial charge in [0.05, 0.1) is 10.5 Å². The lowest BCUT2D eigenvalue weighted by Crippen LogP contribution is -2.22. The molecule has 19 heavy (non-hydrogen) atoms. The lowest BCUT2D eigenvalue weighted by atomic mass is 10.1. The Balaban J connectivity index is 2.72. The molecule has 0 atom stereocenters. The number of nitro benzene ring substituents is 1. The van der Waals surface area contributed by atoms with Gasteiger partial charge in [-0.15, -0.1) is 11.7 Å². The van der Waals surface area contributed by atoms with E-state index in [1.165, 1.54) is 17.7 Å². The van der Waals surface area contributed by atoms with Gasteiger partial charge in [0.15, 0.2) is 5.82 Å². The maximum absolute atomic E-state index is 11.9. The second kappa shape index (κ2) is 4.89. The van der Waals surface area contributed by atoms with Gasteiger partial charge in [0.25, 0.3) is 5.69 Å². The van der Waals surface area contributed by atoms with Gasteiger partial charge in [0.2, 0.25) is 0 Å². The van der Waals surface area contributed by atoms with Gasteiger partial charge >= 0.3 is 5.69 Å². The Morgan fingerprint density at radius 2 is 2.16 bits per heavy atom. The number of hydrogen-bond acceptors (Lipinski definition) is 4. The summed E-state index contributed by atoms with van der Waals surface area (Å²) >= 11 is 0. The molecule has 1 heterocycles. The van der Waals surface area contributed by atoms with Crippen LogP contribution in [0.5, 0.6) is 0 Å². The van der Waals surface area contributed by atoms with Gasteiger partial charge in [-0.05, 0) is 6.07 Å². The molecular formula is C12H12N4O3. The van der Waals surface area contributed by atoms with Crippen LogP contribution in [-0.2, 0) is 13.6 Å². The number of allylic oxidation sites excluding steroid dienone is 1. The lowest BCUT2D eigenvalue weighted by molar-refractivity contribution is -0.384. The molecule has 7 heteroatoms. The van der Waals surface area contributed by atoms with Gasteiger partial charge in [0, 0.05) is 19.7 Å². The number of hydrogen-bond donors (Lipinski definition) is 0. The topological polar surface area (TPSA) is 83.0 Å². The van der Waals surface area contributed by atoms with Gasteiger partial charge < -0.3 is 0 Å². The first-order valence-electron chi connectivity index (χ1n) is 5.54. The van der Waals surface area contributed by atoms with Crippen molar-refractivity contribution < 1.29 is 4.92 Å². The van der Waals surface area contributed by atoms with Crippen LogP contribution in [0.2, 0.25) is 0 Å². The fraction of sp³-hybridized carbons (Fsp3) is 0.167. The summed E-state index contributed by atoms with van der Waals surface area (Å²) in [5, 5.41) is 15.1. The summed E-state index contributed by atoms with van der Waals surface area (Å²) in [5.74, 6) is 0.264. The predicted octanol–water partition coefficient (Wildman–Crippen LogP) is 1.34. The Kier molecular flexibility index (Phi) is 3.28. The zero-order valence-corrected chi connectivity index (χ0v) is 10.3. The molecule has 0 aliphatic carbocycles. The molecule has 0 amide bonds. The molecular weight excluding hydrogens is 248 g/mol. The highest BCUT2D eigenvalue weighted by molar-refractivity contribution is 5.67. The van der Waals surface area contributed by atoms with Crippen LogP contribution in [0.25, 0.3) is 11.4 Å². The zero-order valence-electron chi connectivity index (χ0n) is 10.3. The first-order valence-corrected chi connectivity index (χ1v) is 5.54. The van der Waals surface area contributed by atoms with Crippen LogP contribution in [0.1, 0.15) is 0 Å². The van der Waals surface area contributed by atoms with E-state index in [4.69, 9.17) is 0 Å². The molecule has 0 spiro atoms. The molecule has 0 N–H and O–H groups in total. The number of aromatic nitrogens is 3. The third-order valence-corrected chi connectivity index (χ3v) is 2.66. The van der Waals surface area contributed by atoms with Crippen molar-refractivity contribution >= 4 is 5.69 Å². The average molecular weight is 260 g/mol. The monoisotopic (exact) mass is 260 g/mol. The van der Waals surface area contributed by atoms with Gasteiger partial charge in [0.1, 0.15) is 0 Å². The number of benzene rings is 1. The van der Waals surface area contributed by atoms with Crippen molar-refractivity contribution in [2.45, 2.75) is 6.54 Å². The van der Waals surface area contributed by atoms with Crippen LogP contribution in [0.15, 0.2) is 41.7 Å². The number of aryl methyl sites for hydroxylation is 1. The van der Waals surface area contributed by atoms with Gasteiger partial charge in [-0.3, -0.25) is 14.7 Å². The first-order chi connectivity index (χ1) is 9.06. The number of nitrogens with zero attached hydrogens (tertiary/aromatic N) is 4. The zero-order chi connectivity index (χ0) is 14.0. The predicted molar refractivity (Wildman–Crippen MR) is 69.8 cm³/mol. The van der Waals surface area contributed by atoms with Crippen molar-refractivity contribution in [3.05, 3.63) is 57.5 Å². The highest BCUT2D eigenvalue weighted by Crippen LogP contribution is 2.27. The Bertz CT molecular complexity index is 699. The van der Waals surface area contributed by atoms with E-state index in [2.05, 4.69) is 11.7 Å². The van der Waals surface area contributed by atoms with E-state index in [0.29, 0.717) is 5.56 Å². The molecule has 0 aliphatic rings. The van der Waals surface area contributed by atoms with Crippen molar-refractivity contribution in [2.75, 3.05) is 0 Å². The third kappa shape index (κ3) is 2.17. The van der Waals surface area contributed by atoms with Crippen LogP contribution in [0, 0.1) is 10.1 Å². The molecule has 0 fully saturated rings. The number of para-hydroxylation sites is 1. The minimum atomic E-state index is -0.493. The second-order valence-corrected chi connectivity index (χ2v) is 3.90. The van der Waals surface area contributed by atoms with Crippen LogP contribution in [-0.4, -0.2) is 19.3 Å². The van der Waals surface area contributed by atoms with Gasteiger partial charge in [-0.1, -0.05) is 18.2 Å². The highest BCUT2D eigenvalue weighted by Gasteiger charge is 2.20. The summed E-state index contributed by atoms with van der Waals surface area (Å²) in [7, 11) is 1.50. The molecule has 98 valence electrons. The first kappa shape index (κ1) is 12.7. The van der Waals surface area contributed by atoms with Crippen LogP contribution in [0.3, 0.4) is 0 Å². The summed E-state index contributed by atoms with van der Waals surface area (Å²) in [4.78, 5) is 22.4. The summed E-state index contributed by atoms with van der Waals surface area (Å²) in [5.41, 5.74) is -0.112. The van der Waals surface area contributed by atoms with Crippen molar-refractivity contribution in [2.24, 2.45) is 7.05 Å². The Labute approximate surface area is 108 Å². The van der Waals surface area contributed by atoms with E-state index < -0.39 is 4.92 Å².